The Morgan fingerprint density at radius 1 is 0.897 bits per heavy atom. The molecule has 20 heteroatoms. The molecule has 0 saturated carbocycles. The summed E-state index contributed by atoms with van der Waals surface area (Å²) >= 11 is 0. The van der Waals surface area contributed by atoms with Crippen molar-refractivity contribution in [1.82, 2.24) is 20.4 Å². The minimum Gasteiger partial charge on any atom is -0.493 e. The highest BCUT2D eigenvalue weighted by atomic mass is 16.5. The van der Waals surface area contributed by atoms with Gasteiger partial charge in [-0.3, -0.25) is 29.0 Å². The summed E-state index contributed by atoms with van der Waals surface area (Å²) in [6, 6.07) is 5.40. The first-order valence-corrected chi connectivity index (χ1v) is 23.2. The Hall–Kier alpha value is -6.37. The van der Waals surface area contributed by atoms with E-state index >= 15 is 0 Å². The molecule has 3 atom stereocenters. The summed E-state index contributed by atoms with van der Waals surface area (Å²) < 4.78 is 34.4. The number of carbonyl (C=O) groups excluding carboxylic acids is 5. The number of anilines is 1. The normalized spacial score (nSPS) is 18.4. The molecule has 4 heterocycles. The molecule has 2 aromatic carbocycles. The van der Waals surface area contributed by atoms with Gasteiger partial charge in [-0.1, -0.05) is 45.0 Å². The molecule has 2 aromatic rings. The molecule has 0 spiro atoms. The third kappa shape index (κ3) is 12.8. The number of methoxy groups -OCH3 is 2. The van der Waals surface area contributed by atoms with Crippen LogP contribution in [0.4, 0.5) is 11.4 Å². The number of azide groups is 1. The number of rotatable bonds is 24. The largest absolute Gasteiger partial charge is 0.493 e. The van der Waals surface area contributed by atoms with Crippen LogP contribution in [0.5, 0.6) is 23.0 Å². The highest BCUT2D eigenvalue weighted by molar-refractivity contribution is 6.08. The van der Waals surface area contributed by atoms with E-state index in [2.05, 4.69) is 46.1 Å². The van der Waals surface area contributed by atoms with Crippen LogP contribution in [0, 0.1) is 11.3 Å². The molecule has 68 heavy (non-hydrogen) atoms. The van der Waals surface area contributed by atoms with Gasteiger partial charge in [-0.05, 0) is 61.1 Å². The van der Waals surface area contributed by atoms with E-state index in [1.165, 1.54) is 14.2 Å². The Kier molecular flexibility index (Phi) is 17.7. The van der Waals surface area contributed by atoms with E-state index in [4.69, 9.17) is 34.0 Å². The molecule has 2 N–H and O–H groups in total. The van der Waals surface area contributed by atoms with Crippen molar-refractivity contribution in [3.8, 4) is 23.0 Å². The van der Waals surface area contributed by atoms with E-state index < -0.39 is 23.8 Å². The van der Waals surface area contributed by atoms with Crippen molar-refractivity contribution in [3.63, 3.8) is 0 Å². The summed E-state index contributed by atoms with van der Waals surface area (Å²) in [4.78, 5) is 80.5. The molecule has 0 aromatic heterocycles. The molecule has 0 radical (unpaired) electrons. The second kappa shape index (κ2) is 23.6. The van der Waals surface area contributed by atoms with Crippen LogP contribution in [-0.4, -0.2) is 150 Å². The lowest BCUT2D eigenvalue weighted by atomic mass is 9.90. The zero-order chi connectivity index (χ0) is 49.0. The van der Waals surface area contributed by atoms with Crippen LogP contribution in [0.25, 0.3) is 10.4 Å². The fraction of sp³-hybridized carbons (Fsp3) is 0.583. The van der Waals surface area contributed by atoms with Crippen molar-refractivity contribution in [2.45, 2.75) is 84.3 Å². The smallest absolute Gasteiger partial charge is 0.257 e. The SMILES string of the molecule is C=C1C[C@H]2C=Nc3cc(OCCCCCOc4cc5c(cc4OC)C(=O)N4CC(C)(C)C[C@H]4CN5C(=O)CNC(=O)[C@@H](NC(=O)CCOCCOCCN=[N+]=[N-])C(C)C)c(OC)cc3C(=O)N2C1. The molecule has 4 aliphatic rings. The van der Waals surface area contributed by atoms with Gasteiger partial charge in [0.05, 0.1) is 95.0 Å². The summed E-state index contributed by atoms with van der Waals surface area (Å²) in [6.45, 7) is 14.4. The van der Waals surface area contributed by atoms with Crippen molar-refractivity contribution in [3.05, 3.63) is 58.0 Å². The number of unbranched alkanes of at least 4 members (excludes halogenated alkanes) is 2. The lowest BCUT2D eigenvalue weighted by molar-refractivity contribution is -0.131. The minimum atomic E-state index is -0.919. The van der Waals surface area contributed by atoms with E-state index in [1.54, 1.807) is 54.1 Å². The number of nitrogens with one attached hydrogen (secondary N) is 2. The van der Waals surface area contributed by atoms with Crippen LogP contribution in [0.15, 0.2) is 46.5 Å². The van der Waals surface area contributed by atoms with Crippen molar-refractivity contribution < 1.29 is 52.4 Å². The Morgan fingerprint density at radius 3 is 2.24 bits per heavy atom. The molecular weight excluding hydrogens is 879 g/mol. The monoisotopic (exact) mass is 943 g/mol. The van der Waals surface area contributed by atoms with Crippen molar-refractivity contribution in [2.75, 3.05) is 91.5 Å². The maximum Gasteiger partial charge on any atom is 0.257 e. The number of hydrogen-bond acceptors (Lipinski definition) is 13. The molecule has 0 unspecified atom stereocenters. The summed E-state index contributed by atoms with van der Waals surface area (Å²) in [5.41, 5.74) is 10.8. The van der Waals surface area contributed by atoms with Gasteiger partial charge in [-0.25, -0.2) is 0 Å². The number of hydrogen-bond donors (Lipinski definition) is 2. The fourth-order valence-electron chi connectivity index (χ4n) is 8.86. The maximum atomic E-state index is 14.2. The second-order valence-electron chi connectivity index (χ2n) is 18.4. The first-order chi connectivity index (χ1) is 32.6. The molecule has 2 fully saturated rings. The molecule has 5 amide bonds. The standard InChI is InChI=1S/C48H65N9O11/c1-30(2)44(53-42(58)11-15-65-17-18-66-16-12-52-54-49)45(60)51-26-43(59)56-28-33-24-48(4,5)29-57(33)47(62)35-21-39(64-7)41(23-37(35)56)68-14-10-8-9-13-67-40-22-36-34(20-38(40)63-6)46(61)55-27-31(3)19-32(55)25-50-36/h20-23,25,30,32-33,44H,3,8-19,24,26-29H2,1-2,4-7H3,(H,51,60)(H,53,58)/t32-,33-,44-/m0/s1. The number of nitrogens with zero attached hydrogens (tertiary/aromatic N) is 7. The summed E-state index contributed by atoms with van der Waals surface area (Å²) in [5.74, 6) is -0.335. The molecule has 6 rings (SSSR count). The first kappa shape index (κ1) is 51.0. The first-order valence-electron chi connectivity index (χ1n) is 23.2. The van der Waals surface area contributed by atoms with Gasteiger partial charge in [-0.2, -0.15) is 0 Å². The Bertz CT molecular complexity index is 2280. The van der Waals surface area contributed by atoms with Gasteiger partial charge in [0.2, 0.25) is 17.7 Å². The van der Waals surface area contributed by atoms with Crippen LogP contribution in [-0.2, 0) is 23.9 Å². The predicted octanol–water partition coefficient (Wildman–Crippen LogP) is 5.40. The second-order valence-corrected chi connectivity index (χ2v) is 18.4. The molecule has 0 aliphatic carbocycles. The number of carbonyl (C=O) groups is 5. The van der Waals surface area contributed by atoms with E-state index in [-0.39, 0.29) is 93.3 Å². The Morgan fingerprint density at radius 2 is 1.56 bits per heavy atom. The minimum absolute atomic E-state index is 0.00685. The van der Waals surface area contributed by atoms with Crippen LogP contribution in [0.3, 0.4) is 0 Å². The molecule has 368 valence electrons. The zero-order valence-corrected chi connectivity index (χ0v) is 40.0. The highest BCUT2D eigenvalue weighted by Gasteiger charge is 2.45. The number of aliphatic imine (C=N–C) groups is 1. The fourth-order valence-corrected chi connectivity index (χ4v) is 8.86. The Balaban J connectivity index is 1.05. The summed E-state index contributed by atoms with van der Waals surface area (Å²) in [6.07, 6.45) is 5.25. The van der Waals surface area contributed by atoms with Crippen molar-refractivity contribution in [1.29, 1.82) is 0 Å². The molecule has 4 aliphatic heterocycles. The number of amides is 5. The number of ether oxygens (including phenoxy) is 6. The highest BCUT2D eigenvalue weighted by Crippen LogP contribution is 2.43. The van der Waals surface area contributed by atoms with Crippen molar-refractivity contribution in [2.24, 2.45) is 21.4 Å². The van der Waals surface area contributed by atoms with E-state index in [9.17, 15) is 24.0 Å². The Labute approximate surface area is 397 Å². The van der Waals surface area contributed by atoms with Crippen LogP contribution in [0.2, 0.25) is 0 Å². The number of fused-ring (bicyclic) bond motifs is 4. The van der Waals surface area contributed by atoms with Crippen LogP contribution < -0.4 is 34.5 Å². The van der Waals surface area contributed by atoms with Gasteiger partial charge in [0, 0.05) is 55.9 Å². The van der Waals surface area contributed by atoms with Gasteiger partial charge < -0.3 is 53.8 Å². The van der Waals surface area contributed by atoms with Gasteiger partial charge in [-0.15, -0.1) is 0 Å². The quantitative estimate of drug-likeness (QED) is 0.0445. The molecular formula is C48H65N9O11. The molecule has 0 bridgehead atoms. The van der Waals surface area contributed by atoms with Gasteiger partial charge in [0.15, 0.2) is 23.0 Å². The van der Waals surface area contributed by atoms with Gasteiger partial charge in [0.1, 0.15) is 6.04 Å². The van der Waals surface area contributed by atoms with Gasteiger partial charge >= 0.3 is 0 Å². The third-order valence-corrected chi connectivity index (χ3v) is 12.3. The molecule has 2 saturated heterocycles. The van der Waals surface area contributed by atoms with Crippen LogP contribution >= 0.6 is 0 Å². The predicted molar refractivity (Wildman–Crippen MR) is 253 cm³/mol. The zero-order valence-electron chi connectivity index (χ0n) is 40.0. The third-order valence-electron chi connectivity index (χ3n) is 12.3. The lowest BCUT2D eigenvalue weighted by Gasteiger charge is -2.28. The molecule has 20 nitrogen and oxygen atoms in total. The van der Waals surface area contributed by atoms with E-state index in [0.29, 0.717) is 91.9 Å². The van der Waals surface area contributed by atoms with Gasteiger partial charge in [0.25, 0.3) is 11.8 Å². The average Bonchev–Trinajstić information content (AvgIpc) is 3.78. The summed E-state index contributed by atoms with van der Waals surface area (Å²) in [5, 5.41) is 8.87. The average molecular weight is 944 g/mol. The van der Waals surface area contributed by atoms with Crippen LogP contribution in [0.1, 0.15) is 86.9 Å². The maximum absolute atomic E-state index is 14.2. The van der Waals surface area contributed by atoms with E-state index in [0.717, 1.165) is 12.0 Å². The van der Waals surface area contributed by atoms with E-state index in [1.807, 2.05) is 4.90 Å². The summed E-state index contributed by atoms with van der Waals surface area (Å²) in [7, 11) is 3.03. The topological polar surface area (TPSA) is 236 Å². The lowest BCUT2D eigenvalue weighted by Crippen LogP contribution is -2.52. The number of benzene rings is 2. The van der Waals surface area contributed by atoms with Crippen molar-refractivity contribution >= 4 is 47.1 Å².